The number of benzene rings is 1. The van der Waals surface area contributed by atoms with E-state index in [1.165, 1.54) is 12.1 Å². The standard InChI is InChI=1S/C12H15N3O3/c1-3-10-12(16)14(2)11(13-10)8-4-6-9(7-5-8)15(17)18/h4-7,10-11,13H,3H2,1-2H3. The van der Waals surface area contributed by atoms with Crippen LogP contribution in [0.5, 0.6) is 0 Å². The predicted octanol–water partition coefficient (Wildman–Crippen LogP) is 1.43. The summed E-state index contributed by atoms with van der Waals surface area (Å²) in [6.07, 6.45) is 0.524. The maximum Gasteiger partial charge on any atom is 0.269 e. The van der Waals surface area contributed by atoms with Crippen molar-refractivity contribution in [2.75, 3.05) is 7.05 Å². The molecule has 6 nitrogen and oxygen atoms in total. The van der Waals surface area contributed by atoms with E-state index in [4.69, 9.17) is 0 Å². The average Bonchev–Trinajstić information content (AvgIpc) is 2.66. The highest BCUT2D eigenvalue weighted by Crippen LogP contribution is 2.26. The molecule has 1 aliphatic heterocycles. The third kappa shape index (κ3) is 2.06. The molecule has 1 heterocycles. The topological polar surface area (TPSA) is 75.5 Å². The van der Waals surface area contributed by atoms with Gasteiger partial charge in [0, 0.05) is 19.2 Å². The number of nitrogens with zero attached hydrogens (tertiary/aromatic N) is 2. The van der Waals surface area contributed by atoms with Crippen LogP contribution < -0.4 is 5.32 Å². The Morgan fingerprint density at radius 3 is 2.44 bits per heavy atom. The number of nitrogens with one attached hydrogen (secondary N) is 1. The molecule has 0 bridgehead atoms. The number of carbonyl (C=O) groups is 1. The molecule has 1 aromatic rings. The van der Waals surface area contributed by atoms with Crippen molar-refractivity contribution >= 4 is 11.6 Å². The lowest BCUT2D eigenvalue weighted by Crippen LogP contribution is -2.27. The van der Waals surface area contributed by atoms with Crippen LogP contribution in [0.3, 0.4) is 0 Å². The lowest BCUT2D eigenvalue weighted by Gasteiger charge is -2.19. The molecular formula is C12H15N3O3. The van der Waals surface area contributed by atoms with Crippen molar-refractivity contribution in [2.45, 2.75) is 25.6 Å². The number of nitro groups is 1. The van der Waals surface area contributed by atoms with Gasteiger partial charge < -0.3 is 4.90 Å². The molecule has 0 spiro atoms. The highest BCUT2D eigenvalue weighted by molar-refractivity contribution is 5.84. The van der Waals surface area contributed by atoms with Crippen LogP contribution in [0.4, 0.5) is 5.69 Å². The second-order valence-electron chi connectivity index (χ2n) is 4.33. The van der Waals surface area contributed by atoms with Gasteiger partial charge in [-0.2, -0.15) is 0 Å². The minimum atomic E-state index is -0.435. The number of carbonyl (C=O) groups excluding carboxylic acids is 1. The van der Waals surface area contributed by atoms with E-state index in [0.29, 0.717) is 0 Å². The molecule has 96 valence electrons. The summed E-state index contributed by atoms with van der Waals surface area (Å²) in [5, 5.41) is 13.8. The van der Waals surface area contributed by atoms with Gasteiger partial charge in [-0.05, 0) is 24.1 Å². The molecular weight excluding hydrogens is 234 g/mol. The van der Waals surface area contributed by atoms with Crippen molar-refractivity contribution in [1.82, 2.24) is 10.2 Å². The monoisotopic (exact) mass is 249 g/mol. The van der Waals surface area contributed by atoms with E-state index in [2.05, 4.69) is 5.32 Å². The molecule has 2 rings (SSSR count). The lowest BCUT2D eigenvalue weighted by atomic mass is 10.1. The van der Waals surface area contributed by atoms with Gasteiger partial charge in [-0.15, -0.1) is 0 Å². The largest absolute Gasteiger partial charge is 0.325 e. The molecule has 1 amide bonds. The van der Waals surface area contributed by atoms with E-state index in [0.717, 1.165) is 12.0 Å². The third-order valence-electron chi connectivity index (χ3n) is 3.22. The Morgan fingerprint density at radius 1 is 1.39 bits per heavy atom. The molecule has 18 heavy (non-hydrogen) atoms. The first kappa shape index (κ1) is 12.5. The van der Waals surface area contributed by atoms with E-state index in [-0.39, 0.29) is 23.8 Å². The van der Waals surface area contributed by atoms with Crippen molar-refractivity contribution in [1.29, 1.82) is 0 Å². The Labute approximate surface area is 105 Å². The normalized spacial score (nSPS) is 23.4. The number of nitro benzene ring substituents is 1. The van der Waals surface area contributed by atoms with Gasteiger partial charge in [-0.25, -0.2) is 0 Å². The average molecular weight is 249 g/mol. The fourth-order valence-electron chi connectivity index (χ4n) is 2.14. The van der Waals surface area contributed by atoms with Crippen molar-refractivity contribution in [3.05, 3.63) is 39.9 Å². The number of amides is 1. The first-order valence-electron chi connectivity index (χ1n) is 5.81. The first-order chi connectivity index (χ1) is 8.54. The first-order valence-corrected chi connectivity index (χ1v) is 5.81. The van der Waals surface area contributed by atoms with E-state index in [1.807, 2.05) is 6.92 Å². The maximum absolute atomic E-state index is 11.9. The second-order valence-corrected chi connectivity index (χ2v) is 4.33. The van der Waals surface area contributed by atoms with Crippen LogP contribution in [0.1, 0.15) is 25.1 Å². The van der Waals surface area contributed by atoms with Gasteiger partial charge in [0.2, 0.25) is 5.91 Å². The van der Waals surface area contributed by atoms with E-state index in [1.54, 1.807) is 24.1 Å². The molecule has 6 heteroatoms. The van der Waals surface area contributed by atoms with Gasteiger partial charge in [0.25, 0.3) is 5.69 Å². The molecule has 0 aromatic heterocycles. The summed E-state index contributed by atoms with van der Waals surface area (Å²) in [4.78, 5) is 23.6. The predicted molar refractivity (Wildman–Crippen MR) is 65.8 cm³/mol. The summed E-state index contributed by atoms with van der Waals surface area (Å²) in [6, 6.07) is 6.09. The van der Waals surface area contributed by atoms with E-state index < -0.39 is 4.92 Å². The number of hydrogen-bond acceptors (Lipinski definition) is 4. The smallest absolute Gasteiger partial charge is 0.269 e. The van der Waals surface area contributed by atoms with Crippen molar-refractivity contribution in [2.24, 2.45) is 0 Å². The van der Waals surface area contributed by atoms with Crippen LogP contribution in [0.2, 0.25) is 0 Å². The summed E-state index contributed by atoms with van der Waals surface area (Å²) in [7, 11) is 1.73. The molecule has 2 atom stereocenters. The van der Waals surface area contributed by atoms with Crippen LogP contribution in [0.15, 0.2) is 24.3 Å². The zero-order valence-corrected chi connectivity index (χ0v) is 10.3. The summed E-state index contributed by atoms with van der Waals surface area (Å²) in [5.74, 6) is 0.0563. The highest BCUT2D eigenvalue weighted by atomic mass is 16.6. The molecule has 0 saturated carbocycles. The molecule has 1 saturated heterocycles. The Balaban J connectivity index is 2.22. The molecule has 0 aliphatic carbocycles. The number of likely N-dealkylation sites (N-methyl/N-ethyl adjacent to an activating group) is 1. The SMILES string of the molecule is CCC1NC(c2ccc([N+](=O)[O-])cc2)N(C)C1=O. The van der Waals surface area contributed by atoms with Crippen LogP contribution >= 0.6 is 0 Å². The molecule has 1 N–H and O–H groups in total. The van der Waals surface area contributed by atoms with Crippen molar-refractivity contribution < 1.29 is 9.72 Å². The quantitative estimate of drug-likeness (QED) is 0.649. The zero-order chi connectivity index (χ0) is 13.3. The van der Waals surface area contributed by atoms with Gasteiger partial charge in [0.15, 0.2) is 0 Å². The summed E-state index contributed by atoms with van der Waals surface area (Å²) >= 11 is 0. The Kier molecular flexibility index (Phi) is 3.29. The Hall–Kier alpha value is -1.95. The highest BCUT2D eigenvalue weighted by Gasteiger charge is 2.35. The van der Waals surface area contributed by atoms with Gasteiger partial charge >= 0.3 is 0 Å². The molecule has 1 aliphatic rings. The minimum absolute atomic E-state index is 0.0535. The minimum Gasteiger partial charge on any atom is -0.325 e. The third-order valence-corrected chi connectivity index (χ3v) is 3.22. The second kappa shape index (κ2) is 4.73. The van der Waals surface area contributed by atoms with Gasteiger partial charge in [0.05, 0.1) is 11.0 Å². The van der Waals surface area contributed by atoms with Crippen LogP contribution in [0, 0.1) is 10.1 Å². The molecule has 1 fully saturated rings. The van der Waals surface area contributed by atoms with E-state index >= 15 is 0 Å². The van der Waals surface area contributed by atoms with Crippen LogP contribution in [0.25, 0.3) is 0 Å². The fourth-order valence-corrected chi connectivity index (χ4v) is 2.14. The fraction of sp³-hybridized carbons (Fsp3) is 0.417. The molecule has 0 radical (unpaired) electrons. The van der Waals surface area contributed by atoms with Gasteiger partial charge in [-0.1, -0.05) is 6.92 Å². The van der Waals surface area contributed by atoms with Crippen LogP contribution in [-0.4, -0.2) is 28.8 Å². The van der Waals surface area contributed by atoms with Gasteiger partial charge in [-0.3, -0.25) is 20.2 Å². The Bertz CT molecular complexity index is 472. The number of non-ortho nitro benzene ring substituents is 1. The summed E-state index contributed by atoms with van der Waals surface area (Å²) in [6.45, 7) is 1.95. The molecule has 1 aromatic carbocycles. The summed E-state index contributed by atoms with van der Waals surface area (Å²) in [5.41, 5.74) is 0.908. The Morgan fingerprint density at radius 2 is 2.00 bits per heavy atom. The maximum atomic E-state index is 11.9. The van der Waals surface area contributed by atoms with Crippen molar-refractivity contribution in [3.63, 3.8) is 0 Å². The lowest BCUT2D eigenvalue weighted by molar-refractivity contribution is -0.384. The van der Waals surface area contributed by atoms with Crippen LogP contribution in [-0.2, 0) is 4.79 Å². The van der Waals surface area contributed by atoms with E-state index in [9.17, 15) is 14.9 Å². The van der Waals surface area contributed by atoms with Crippen molar-refractivity contribution in [3.8, 4) is 0 Å². The number of hydrogen-bond donors (Lipinski definition) is 1. The summed E-state index contributed by atoms with van der Waals surface area (Å²) < 4.78 is 0. The molecule has 2 unspecified atom stereocenters. The zero-order valence-electron chi connectivity index (χ0n) is 10.3. The number of rotatable bonds is 3. The van der Waals surface area contributed by atoms with Gasteiger partial charge in [0.1, 0.15) is 6.17 Å².